The van der Waals surface area contributed by atoms with Gasteiger partial charge in [-0.2, -0.15) is 10.2 Å². The second-order valence-electron chi connectivity index (χ2n) is 38.5. The number of fused-ring (bicyclic) bond motifs is 6. The van der Waals surface area contributed by atoms with E-state index in [9.17, 15) is 29.4 Å². The lowest BCUT2D eigenvalue weighted by Crippen LogP contribution is -2.69. The van der Waals surface area contributed by atoms with E-state index in [0.717, 1.165) is 64.2 Å². The minimum atomic E-state index is -0.656. The first kappa shape index (κ1) is 76.5. The van der Waals surface area contributed by atoms with E-state index >= 15 is 0 Å². The molecule has 2 aromatic rings. The highest BCUT2D eigenvalue weighted by atomic mass is 16.5. The highest BCUT2D eigenvalue weighted by molar-refractivity contribution is 5.89. The zero-order valence-corrected chi connectivity index (χ0v) is 65.3. The largest absolute Gasteiger partial charge is 0.481 e. The Bertz CT molecular complexity index is 3500. The van der Waals surface area contributed by atoms with Crippen LogP contribution in [-0.2, 0) is 28.5 Å². The van der Waals surface area contributed by atoms with Crippen LogP contribution < -0.4 is 17.2 Å². The van der Waals surface area contributed by atoms with Crippen molar-refractivity contribution in [2.24, 2.45) is 142 Å². The van der Waals surface area contributed by atoms with Crippen LogP contribution in [0.2, 0.25) is 0 Å². The average molecular weight is 1390 g/mol. The Morgan fingerprint density at radius 3 is 1.29 bits per heavy atom. The maximum absolute atomic E-state index is 13.5. The molecular weight excluding hydrogens is 1260 g/mol. The molecule has 20 heteroatoms. The van der Waals surface area contributed by atoms with Crippen LogP contribution in [0.5, 0.6) is 0 Å². The van der Waals surface area contributed by atoms with E-state index in [1.807, 2.05) is 6.92 Å². The lowest BCUT2D eigenvalue weighted by atomic mass is 9.34. The highest BCUT2D eigenvalue weighted by Gasteiger charge is 2.75. The lowest BCUT2D eigenvalue weighted by Gasteiger charge is -2.71. The van der Waals surface area contributed by atoms with Gasteiger partial charge >= 0.3 is 11.9 Å². The van der Waals surface area contributed by atoms with Crippen molar-refractivity contribution in [3.8, 4) is 0 Å². The van der Waals surface area contributed by atoms with Crippen LogP contribution in [0.3, 0.4) is 0 Å². The molecule has 0 spiro atoms. The number of aliphatic carboxylic acids is 2. The van der Waals surface area contributed by atoms with Gasteiger partial charge in [0.05, 0.1) is 75.8 Å². The Hall–Kier alpha value is -4.60. The van der Waals surface area contributed by atoms with Crippen LogP contribution in [0.25, 0.3) is 0 Å². The first-order chi connectivity index (χ1) is 46.4. The number of carbonyl (C=O) groups is 4. The number of allylic oxidation sites excluding steroid dienone is 2. The van der Waals surface area contributed by atoms with Crippen LogP contribution in [0.1, 0.15) is 249 Å². The summed E-state index contributed by atoms with van der Waals surface area (Å²) in [6.07, 6.45) is 17.8. The Kier molecular flexibility index (Phi) is 19.8. The van der Waals surface area contributed by atoms with E-state index in [0.29, 0.717) is 76.2 Å². The van der Waals surface area contributed by atoms with Crippen molar-refractivity contribution < 1.29 is 48.3 Å². The molecule has 24 atom stereocenters. The highest BCUT2D eigenvalue weighted by Crippen LogP contribution is 2.78. The fraction of sp³-hybridized carbons (Fsp3) is 0.850. The minimum Gasteiger partial charge on any atom is -0.481 e. The van der Waals surface area contributed by atoms with Gasteiger partial charge in [-0.25, -0.2) is 19.3 Å². The van der Waals surface area contributed by atoms with Gasteiger partial charge in [0.25, 0.3) is 11.8 Å². The number of nitrogens with two attached hydrogens (primary N) is 3. The van der Waals surface area contributed by atoms with Gasteiger partial charge in [-0.15, -0.1) is 0 Å². The molecule has 2 saturated heterocycles. The van der Waals surface area contributed by atoms with Gasteiger partial charge in [-0.3, -0.25) is 19.2 Å². The van der Waals surface area contributed by atoms with E-state index in [-0.39, 0.29) is 115 Å². The van der Waals surface area contributed by atoms with E-state index in [2.05, 4.69) is 183 Å². The third-order valence-electron chi connectivity index (χ3n) is 33.1. The van der Waals surface area contributed by atoms with Crippen LogP contribution in [0.15, 0.2) is 36.0 Å². The summed E-state index contributed by atoms with van der Waals surface area (Å²) < 4.78 is 31.0. The average Bonchev–Trinajstić information content (AvgIpc) is 0.739. The third kappa shape index (κ3) is 11.0. The summed E-state index contributed by atoms with van der Waals surface area (Å²) in [6, 6.07) is -0.597. The second-order valence-corrected chi connectivity index (χ2v) is 38.5. The fourth-order valence-electron chi connectivity index (χ4n) is 25.1. The van der Waals surface area contributed by atoms with Crippen molar-refractivity contribution in [2.45, 2.75) is 251 Å². The molecule has 8 fully saturated rings. The predicted molar refractivity (Wildman–Crippen MR) is 386 cm³/mol. The molecule has 12 rings (SSSR count). The van der Waals surface area contributed by atoms with Crippen LogP contribution >= 0.6 is 0 Å². The number of carboxylic acid groups (broad SMARTS) is 2. The summed E-state index contributed by atoms with van der Waals surface area (Å²) >= 11 is 0. The molecule has 8 N–H and O–H groups in total. The van der Waals surface area contributed by atoms with E-state index < -0.39 is 57.4 Å². The standard InChI is InChI=1S/C41H67N5O5.C39H63N5O5/c1-24(2)26(5)36(6)17-18-38(8)27-13-14-30-37(7)20-50-22-41(30,28(27)15-16-39(38,9)31(36)35(48)49)19-29(46-34(33(42)47)43-23-44-46)32(37)51-21-40(10,25(3)4)45(11)12;1-22(2)24(5)34(6)15-16-36(8)25-11-12-28-35(7)18-48-20-39(28,26(25)13-14-37(36,9)29(34)33(46)47)17-27(44-32(31(40)45)42-21-43-44)30(35)49-19-38(10,41)23(3)4/h15,23-27,29-32H,13-14,16-22H2,1-12H3,(H2,42,47)(H,48,49);13,21-25,27-30H,11-12,14-20,41H2,1-10H3,(H2,40,45)(H,46,47)/t26-,27+,29-,30+,31-,32+,36-,37-,38-,39+,40+,41+;24-,25+,27-,28+,29-,30+,34-,35-,36-,37+,38+,39+/m11/s1. The predicted octanol–water partition coefficient (Wildman–Crippen LogP) is 13.1. The number of hydrogen-bond donors (Lipinski definition) is 5. The molecule has 100 heavy (non-hydrogen) atoms. The smallest absolute Gasteiger partial charge is 0.307 e. The maximum atomic E-state index is 13.5. The van der Waals surface area contributed by atoms with E-state index in [4.69, 9.17) is 36.1 Å². The molecule has 560 valence electrons. The quantitative estimate of drug-likeness (QED) is 0.0817. The maximum Gasteiger partial charge on any atom is 0.307 e. The Morgan fingerprint density at radius 2 is 0.960 bits per heavy atom. The fourth-order valence-corrected chi connectivity index (χ4v) is 25.1. The Balaban J connectivity index is 0.000000202. The number of carboxylic acids is 2. The molecule has 2 aromatic heterocycles. The number of primary amides is 2. The van der Waals surface area contributed by atoms with Crippen LogP contribution in [0.4, 0.5) is 0 Å². The van der Waals surface area contributed by atoms with Gasteiger partial charge < -0.3 is 51.3 Å². The number of rotatable bonds is 19. The number of carbonyl (C=O) groups excluding carboxylic acids is 2. The summed E-state index contributed by atoms with van der Waals surface area (Å²) in [4.78, 5) is 63.3. The van der Waals surface area contributed by atoms with Crippen LogP contribution in [-0.4, -0.2) is 145 Å². The minimum absolute atomic E-state index is 0.134. The van der Waals surface area contributed by atoms with Gasteiger partial charge in [0.15, 0.2) is 0 Å². The number of hydrogen-bond acceptors (Lipinski definition) is 14. The topological polar surface area (TPSA) is 288 Å². The van der Waals surface area contributed by atoms with E-state index in [1.165, 1.54) is 23.8 Å². The molecule has 2 aliphatic heterocycles. The summed E-state index contributed by atoms with van der Waals surface area (Å²) in [5, 5.41) is 31.4. The molecule has 6 saturated carbocycles. The number of likely N-dealkylation sites (N-methyl/N-ethyl adjacent to an activating group) is 1. The van der Waals surface area contributed by atoms with Gasteiger partial charge in [-0.1, -0.05) is 148 Å². The van der Waals surface area contributed by atoms with Gasteiger partial charge in [0, 0.05) is 32.7 Å². The molecule has 4 heterocycles. The molecule has 0 aromatic carbocycles. The SMILES string of the molecule is CC(C)[C@@H](C)[C@@]1(C)CC[C@]2(C)[C@H]3CC[C@@H]4[C@@]5(COC[C@@]4(C)[C@@H](OC[C@@](C)(C(C)C)N(C)C)[C@H](n4ncnc4C(N)=O)C5)C3=CC[C@@]2(C)[C@@H]1C(=O)O.CC(C)[C@@H](C)[C@@]1(C)CC[C@]2(C)[C@H]3CC[C@@H]4[C@@]5(COC[C@@]4(C)[C@@H](OC[C@](C)(N)C(C)C)[C@H](n4ncnc4C(N)=O)C5)C3=CC[C@@]2(C)[C@@H]1C(=O)O. The van der Waals surface area contributed by atoms with Crippen molar-refractivity contribution in [3.63, 3.8) is 0 Å². The van der Waals surface area contributed by atoms with E-state index in [1.54, 1.807) is 9.36 Å². The second kappa shape index (κ2) is 25.9. The number of nitrogens with zero attached hydrogens (tertiary/aromatic N) is 7. The monoisotopic (exact) mass is 1390 g/mol. The molecule has 10 aliphatic rings. The zero-order chi connectivity index (χ0) is 73.8. The third-order valence-corrected chi connectivity index (χ3v) is 33.1. The van der Waals surface area contributed by atoms with Gasteiger partial charge in [0.1, 0.15) is 12.7 Å². The number of amides is 2. The lowest BCUT2D eigenvalue weighted by molar-refractivity contribution is -0.255. The van der Waals surface area contributed by atoms with Crippen molar-refractivity contribution in [1.29, 1.82) is 0 Å². The normalized spacial score (nSPS) is 43.0. The van der Waals surface area contributed by atoms with Gasteiger partial charge in [-0.05, 0) is 197 Å². The van der Waals surface area contributed by atoms with Crippen molar-refractivity contribution in [2.75, 3.05) is 53.7 Å². The molecule has 0 unspecified atom stereocenters. The molecule has 8 aliphatic carbocycles. The first-order valence-electron chi connectivity index (χ1n) is 38.5. The van der Waals surface area contributed by atoms with Crippen molar-refractivity contribution >= 4 is 23.8 Å². The number of ether oxygens (including phenoxy) is 4. The zero-order valence-electron chi connectivity index (χ0n) is 65.3. The molecule has 0 radical (unpaired) electrons. The summed E-state index contributed by atoms with van der Waals surface area (Å²) in [5.74, 6) is -0.172. The van der Waals surface area contributed by atoms with Crippen molar-refractivity contribution in [3.05, 3.63) is 47.6 Å². The van der Waals surface area contributed by atoms with Crippen molar-refractivity contribution in [1.82, 2.24) is 34.4 Å². The summed E-state index contributed by atoms with van der Waals surface area (Å²) in [6.45, 7) is 48.1. The molecule has 20 nitrogen and oxygen atoms in total. The first-order valence-corrected chi connectivity index (χ1v) is 38.5. The van der Waals surface area contributed by atoms with Crippen LogP contribution in [0, 0.1) is 125 Å². The van der Waals surface area contributed by atoms with Gasteiger partial charge in [0.2, 0.25) is 11.6 Å². The Labute approximate surface area is 598 Å². The molecule has 2 amide bonds. The number of aromatic nitrogens is 6. The summed E-state index contributed by atoms with van der Waals surface area (Å²) in [7, 11) is 4.22. The molecular formula is C80H130N10O10. The molecule has 4 bridgehead atoms. The summed E-state index contributed by atoms with van der Waals surface area (Å²) in [5.41, 5.74) is 17.5. The Morgan fingerprint density at radius 1 is 0.580 bits per heavy atom.